The van der Waals surface area contributed by atoms with Gasteiger partial charge in [-0.2, -0.15) is 8.42 Å². The van der Waals surface area contributed by atoms with Crippen molar-refractivity contribution in [3.05, 3.63) is 12.2 Å². The summed E-state index contributed by atoms with van der Waals surface area (Å²) >= 11 is 5.82. The first-order valence-corrected chi connectivity index (χ1v) is 12.0. The summed E-state index contributed by atoms with van der Waals surface area (Å²) in [5.74, 6) is 0.327. The fourth-order valence-electron chi connectivity index (χ4n) is 1.83. The summed E-state index contributed by atoms with van der Waals surface area (Å²) in [6, 6.07) is 0. The smallest absolute Gasteiger partial charge is 0.306 e. The lowest BCUT2D eigenvalue weighted by Gasteiger charge is -2.30. The normalized spacial score (nSPS) is 15.2. The zero-order valence-corrected chi connectivity index (χ0v) is 17.2. The minimum Gasteiger partial charge on any atom is -0.306 e. The van der Waals surface area contributed by atoms with E-state index in [1.807, 2.05) is 26.0 Å². The maximum absolute atomic E-state index is 13.2. The van der Waals surface area contributed by atoms with Crippen LogP contribution in [0, 0.1) is 0 Å². The van der Waals surface area contributed by atoms with Crippen molar-refractivity contribution in [2.24, 2.45) is 0 Å². The quantitative estimate of drug-likeness (QED) is 0.148. The second-order valence-electron chi connectivity index (χ2n) is 5.14. The van der Waals surface area contributed by atoms with E-state index in [4.69, 9.17) is 16.1 Å². The average molecular weight is 405 g/mol. The van der Waals surface area contributed by atoms with Gasteiger partial charge in [0.2, 0.25) is 0 Å². The van der Waals surface area contributed by atoms with Gasteiger partial charge in [0.05, 0.1) is 19.5 Å². The predicted octanol–water partition coefficient (Wildman–Crippen LogP) is 2.98. The van der Waals surface area contributed by atoms with Crippen molar-refractivity contribution in [1.82, 2.24) is 9.76 Å². The molecule has 1 atom stereocenters. The Kier molecular flexibility index (Phi) is 13.3. The molecule has 0 spiro atoms. The molecule has 0 aromatic carbocycles. The first-order chi connectivity index (χ1) is 11.3. The molecule has 0 radical (unpaired) electrons. The maximum atomic E-state index is 13.2. The number of hydrogen-bond donors (Lipinski definition) is 1. The van der Waals surface area contributed by atoms with Crippen molar-refractivity contribution >= 4 is 29.4 Å². The summed E-state index contributed by atoms with van der Waals surface area (Å²) in [6.07, 6.45) is 7.26. The Morgan fingerprint density at radius 3 is 2.54 bits per heavy atom. The average Bonchev–Trinajstić information content (AvgIpc) is 2.51. The third kappa shape index (κ3) is 11.6. The minimum absolute atomic E-state index is 0.0961. The van der Waals surface area contributed by atoms with E-state index in [1.165, 1.54) is 0 Å². The Hall–Kier alpha value is 0.0500. The lowest BCUT2D eigenvalue weighted by atomic mass is 10.3. The van der Waals surface area contributed by atoms with Crippen LogP contribution in [-0.2, 0) is 23.4 Å². The van der Waals surface area contributed by atoms with Gasteiger partial charge in [-0.15, -0.1) is 11.6 Å². The van der Waals surface area contributed by atoms with Crippen molar-refractivity contribution in [2.45, 2.75) is 33.1 Å². The number of hydrogen-bond acceptors (Lipinski definition) is 5. The molecule has 0 aromatic rings. The summed E-state index contributed by atoms with van der Waals surface area (Å²) in [7, 11) is -6.83. The van der Waals surface area contributed by atoms with E-state index in [9.17, 15) is 13.0 Å². The Morgan fingerprint density at radius 1 is 1.29 bits per heavy atom. The molecule has 0 aliphatic heterocycles. The molecule has 0 aliphatic rings. The molecule has 7 nitrogen and oxygen atoms in total. The minimum atomic E-state index is -3.53. The molecule has 0 saturated carbocycles. The summed E-state index contributed by atoms with van der Waals surface area (Å²) in [6.45, 7) is 5.24. The van der Waals surface area contributed by atoms with Gasteiger partial charge < -0.3 is 4.52 Å². The molecule has 0 aromatic heterocycles. The molecule has 0 amide bonds. The van der Waals surface area contributed by atoms with Crippen molar-refractivity contribution in [1.29, 1.82) is 0 Å². The van der Waals surface area contributed by atoms with Gasteiger partial charge in [0.1, 0.15) is 0 Å². The second-order valence-corrected chi connectivity index (χ2v) is 9.34. The van der Waals surface area contributed by atoms with Crippen LogP contribution in [-0.4, -0.2) is 58.1 Å². The van der Waals surface area contributed by atoms with E-state index >= 15 is 0 Å². The van der Waals surface area contributed by atoms with Crippen LogP contribution in [0.5, 0.6) is 0 Å². The van der Waals surface area contributed by atoms with Crippen LogP contribution in [0.25, 0.3) is 0 Å². The fraction of sp³-hybridized carbons (Fsp3) is 0.857. The Bertz CT molecular complexity index is 501. The third-order valence-corrected chi connectivity index (χ3v) is 6.05. The van der Waals surface area contributed by atoms with Gasteiger partial charge in [-0.3, -0.25) is 8.75 Å². The molecular weight excluding hydrogens is 375 g/mol. The van der Waals surface area contributed by atoms with Gasteiger partial charge in [0.25, 0.3) is 10.1 Å². The highest BCUT2D eigenvalue weighted by Crippen LogP contribution is 2.46. The van der Waals surface area contributed by atoms with Gasteiger partial charge in [0.15, 0.2) is 0 Å². The molecule has 1 unspecified atom stereocenters. The molecule has 144 valence electrons. The van der Waals surface area contributed by atoms with Crippen LogP contribution >= 0.6 is 19.3 Å². The molecule has 10 heteroatoms. The summed E-state index contributed by atoms with van der Waals surface area (Å²) < 4.78 is 47.2. The number of alkyl halides is 1. The van der Waals surface area contributed by atoms with Gasteiger partial charge in [0, 0.05) is 25.5 Å². The van der Waals surface area contributed by atoms with Crippen LogP contribution in [0.4, 0.5) is 0 Å². The van der Waals surface area contributed by atoms with E-state index in [0.717, 1.165) is 19.1 Å². The molecular formula is C14H30ClN2O5PS. The van der Waals surface area contributed by atoms with Crippen molar-refractivity contribution in [3.63, 3.8) is 0 Å². The topological polar surface area (TPSA) is 84.9 Å². The monoisotopic (exact) mass is 404 g/mol. The zero-order valence-electron chi connectivity index (χ0n) is 14.7. The first-order valence-electron chi connectivity index (χ1n) is 8.05. The van der Waals surface area contributed by atoms with Crippen LogP contribution < -0.4 is 5.09 Å². The summed E-state index contributed by atoms with van der Waals surface area (Å²) in [5.41, 5.74) is 0. The van der Waals surface area contributed by atoms with Gasteiger partial charge >= 0.3 is 7.67 Å². The molecule has 0 bridgehead atoms. The maximum Gasteiger partial charge on any atom is 0.343 e. The molecule has 0 heterocycles. The highest BCUT2D eigenvalue weighted by atomic mass is 35.5. The molecule has 0 fully saturated rings. The highest BCUT2D eigenvalue weighted by molar-refractivity contribution is 7.85. The van der Waals surface area contributed by atoms with Crippen LogP contribution in [0.2, 0.25) is 0 Å². The Morgan fingerprint density at radius 2 is 2.00 bits per heavy atom. The first kappa shape index (κ1) is 24.1. The number of allylic oxidation sites excluding steroid dienone is 1. The molecule has 0 rings (SSSR count). The van der Waals surface area contributed by atoms with Gasteiger partial charge in [-0.25, -0.2) is 9.76 Å². The zero-order chi connectivity index (χ0) is 18.5. The van der Waals surface area contributed by atoms with Gasteiger partial charge in [-0.1, -0.05) is 25.5 Å². The SMILES string of the molecule is C/C=C/CCOP(=O)(NCCOS(C)(=O)=O)N(CCCl)CCCC. The second kappa shape index (κ2) is 13.3. The summed E-state index contributed by atoms with van der Waals surface area (Å²) in [4.78, 5) is 0. The van der Waals surface area contributed by atoms with E-state index in [2.05, 4.69) is 9.27 Å². The Labute approximate surface area is 151 Å². The van der Waals surface area contributed by atoms with Crippen LogP contribution in [0.3, 0.4) is 0 Å². The van der Waals surface area contributed by atoms with E-state index < -0.39 is 17.8 Å². The van der Waals surface area contributed by atoms with E-state index in [1.54, 1.807) is 4.67 Å². The standard InChI is InChI=1S/C14H30ClN2O5PS/c1-4-6-8-13-21-23(18,16-10-14-22-24(3,19)20)17(12-9-15)11-7-5-2/h4,6H,5,7-14H2,1-3H3,(H,16,18)/b6-4+. The molecule has 24 heavy (non-hydrogen) atoms. The lowest BCUT2D eigenvalue weighted by molar-refractivity contribution is 0.250. The van der Waals surface area contributed by atoms with Crippen molar-refractivity contribution in [2.75, 3.05) is 45.0 Å². The number of halogens is 1. The summed E-state index contributed by atoms with van der Waals surface area (Å²) in [5, 5.41) is 2.83. The lowest BCUT2D eigenvalue weighted by Crippen LogP contribution is -2.33. The number of nitrogens with zero attached hydrogens (tertiary/aromatic N) is 1. The molecule has 0 aliphatic carbocycles. The fourth-order valence-corrected chi connectivity index (χ4v) is 4.49. The molecule has 0 saturated heterocycles. The number of nitrogens with one attached hydrogen (secondary N) is 1. The van der Waals surface area contributed by atoms with Crippen molar-refractivity contribution < 1.29 is 21.7 Å². The van der Waals surface area contributed by atoms with Crippen LogP contribution in [0.15, 0.2) is 12.2 Å². The highest BCUT2D eigenvalue weighted by Gasteiger charge is 2.30. The van der Waals surface area contributed by atoms with Gasteiger partial charge in [-0.05, 0) is 19.8 Å². The van der Waals surface area contributed by atoms with Crippen molar-refractivity contribution in [3.8, 4) is 0 Å². The third-order valence-electron chi connectivity index (χ3n) is 2.98. The predicted molar refractivity (Wildman–Crippen MR) is 99.0 cm³/mol. The Balaban J connectivity index is 4.84. The van der Waals surface area contributed by atoms with E-state index in [-0.39, 0.29) is 13.2 Å². The number of rotatable bonds is 15. The van der Waals surface area contributed by atoms with Crippen LogP contribution in [0.1, 0.15) is 33.1 Å². The molecule has 1 N–H and O–H groups in total. The largest absolute Gasteiger partial charge is 0.343 e. The van der Waals surface area contributed by atoms with E-state index in [0.29, 0.717) is 32.0 Å². The number of unbranched alkanes of at least 4 members (excludes halogenated alkanes) is 1.